The van der Waals surface area contributed by atoms with Crippen molar-refractivity contribution in [3.05, 3.63) is 89.4 Å². The van der Waals surface area contributed by atoms with E-state index in [1.54, 1.807) is 25.4 Å². The van der Waals surface area contributed by atoms with Crippen LogP contribution in [-0.4, -0.2) is 18.0 Å². The molecule has 0 saturated heterocycles. The van der Waals surface area contributed by atoms with E-state index in [1.807, 2.05) is 55.5 Å². The number of aromatic nitrogens is 1. The third-order valence-corrected chi connectivity index (χ3v) is 4.47. The zero-order valence-electron chi connectivity index (χ0n) is 16.0. The van der Waals surface area contributed by atoms with Crippen LogP contribution in [-0.2, 0) is 0 Å². The van der Waals surface area contributed by atoms with Gasteiger partial charge in [0.2, 0.25) is 0 Å². The number of pyridine rings is 1. The Morgan fingerprint density at radius 3 is 2.76 bits per heavy atom. The quantitative estimate of drug-likeness (QED) is 0.517. The maximum Gasteiger partial charge on any atom is 0.291 e. The number of carbonyl (C=O) groups is 1. The number of amides is 1. The minimum atomic E-state index is -0.312. The Morgan fingerprint density at radius 1 is 1.07 bits per heavy atom. The number of nitrogens with zero attached hydrogens (tertiary/aromatic N) is 1. The first-order valence-corrected chi connectivity index (χ1v) is 9.05. The van der Waals surface area contributed by atoms with E-state index in [9.17, 15) is 4.79 Å². The third-order valence-electron chi connectivity index (χ3n) is 4.47. The number of carbonyl (C=O) groups excluding carboxylic acids is 1. The van der Waals surface area contributed by atoms with Crippen molar-refractivity contribution in [2.45, 2.75) is 6.92 Å². The molecular formula is C24H18N2O3. The molecule has 0 atom stereocenters. The van der Waals surface area contributed by atoms with Crippen LogP contribution >= 0.6 is 0 Å². The van der Waals surface area contributed by atoms with Gasteiger partial charge in [-0.1, -0.05) is 18.1 Å². The smallest absolute Gasteiger partial charge is 0.291 e. The van der Waals surface area contributed by atoms with Crippen LogP contribution in [0, 0.1) is 18.8 Å². The minimum absolute atomic E-state index is 0.276. The molecule has 0 radical (unpaired) electrons. The van der Waals surface area contributed by atoms with Crippen molar-refractivity contribution in [2.75, 3.05) is 12.4 Å². The van der Waals surface area contributed by atoms with Gasteiger partial charge in [-0.05, 0) is 61.4 Å². The zero-order valence-corrected chi connectivity index (χ0v) is 16.0. The molecule has 1 N–H and O–H groups in total. The van der Waals surface area contributed by atoms with Crippen LogP contribution < -0.4 is 10.1 Å². The lowest BCUT2D eigenvalue weighted by Crippen LogP contribution is -2.12. The summed E-state index contributed by atoms with van der Waals surface area (Å²) in [5.74, 6) is 6.74. The zero-order chi connectivity index (χ0) is 20.2. The van der Waals surface area contributed by atoms with Gasteiger partial charge >= 0.3 is 0 Å². The summed E-state index contributed by atoms with van der Waals surface area (Å²) >= 11 is 0. The number of aryl methyl sites for hydroxylation is 1. The SMILES string of the molecule is COc1ccc2oc(C(=O)Nc3cccc(C#Cc4ccccn4)c3)c(C)c2c1. The van der Waals surface area contributed by atoms with E-state index in [0.717, 1.165) is 16.5 Å². The van der Waals surface area contributed by atoms with Gasteiger partial charge in [-0.25, -0.2) is 4.98 Å². The summed E-state index contributed by atoms with van der Waals surface area (Å²) < 4.78 is 11.0. The van der Waals surface area contributed by atoms with Gasteiger partial charge < -0.3 is 14.5 Å². The highest BCUT2D eigenvalue weighted by Crippen LogP contribution is 2.29. The molecule has 142 valence electrons. The number of ether oxygens (including phenoxy) is 1. The number of methoxy groups -OCH3 is 1. The number of fused-ring (bicyclic) bond motifs is 1. The summed E-state index contributed by atoms with van der Waals surface area (Å²) in [6, 6.07) is 18.4. The Labute approximate surface area is 168 Å². The third kappa shape index (κ3) is 3.97. The molecule has 0 fully saturated rings. The summed E-state index contributed by atoms with van der Waals surface area (Å²) in [7, 11) is 1.61. The molecule has 5 nitrogen and oxygen atoms in total. The van der Waals surface area contributed by atoms with Crippen LogP contribution in [0.25, 0.3) is 11.0 Å². The lowest BCUT2D eigenvalue weighted by Gasteiger charge is -2.04. The molecule has 0 aliphatic rings. The van der Waals surface area contributed by atoms with Crippen molar-refractivity contribution in [3.8, 4) is 17.6 Å². The van der Waals surface area contributed by atoms with Crippen molar-refractivity contribution < 1.29 is 13.9 Å². The average Bonchev–Trinajstić information content (AvgIpc) is 3.09. The van der Waals surface area contributed by atoms with E-state index >= 15 is 0 Å². The number of benzene rings is 2. The highest BCUT2D eigenvalue weighted by Gasteiger charge is 2.18. The predicted molar refractivity (Wildman–Crippen MR) is 112 cm³/mol. The summed E-state index contributed by atoms with van der Waals surface area (Å²) in [6.07, 6.45) is 1.70. The number of nitrogens with one attached hydrogen (secondary N) is 1. The molecule has 2 heterocycles. The second kappa shape index (κ2) is 7.91. The molecule has 1 amide bonds. The van der Waals surface area contributed by atoms with E-state index in [-0.39, 0.29) is 11.7 Å². The van der Waals surface area contributed by atoms with Crippen molar-refractivity contribution in [3.63, 3.8) is 0 Å². The van der Waals surface area contributed by atoms with Crippen LogP contribution in [0.2, 0.25) is 0 Å². The molecule has 0 bridgehead atoms. The van der Waals surface area contributed by atoms with Crippen LogP contribution in [0.15, 0.2) is 71.3 Å². The van der Waals surface area contributed by atoms with Crippen LogP contribution in [0.1, 0.15) is 27.4 Å². The number of rotatable bonds is 3. The largest absolute Gasteiger partial charge is 0.497 e. The first kappa shape index (κ1) is 18.3. The predicted octanol–water partition coefficient (Wildman–Crippen LogP) is 4.80. The van der Waals surface area contributed by atoms with Crippen molar-refractivity contribution in [2.24, 2.45) is 0 Å². The fraction of sp³-hybridized carbons (Fsp3) is 0.0833. The lowest BCUT2D eigenvalue weighted by atomic mass is 10.1. The van der Waals surface area contributed by atoms with Crippen LogP contribution in [0.4, 0.5) is 5.69 Å². The average molecular weight is 382 g/mol. The number of hydrogen-bond acceptors (Lipinski definition) is 4. The minimum Gasteiger partial charge on any atom is -0.497 e. The van der Waals surface area contributed by atoms with Gasteiger partial charge in [0.25, 0.3) is 5.91 Å². The summed E-state index contributed by atoms with van der Waals surface area (Å²) in [5.41, 5.74) is 3.51. The van der Waals surface area contributed by atoms with Gasteiger partial charge in [-0.2, -0.15) is 0 Å². The molecule has 2 aromatic carbocycles. The monoisotopic (exact) mass is 382 g/mol. The maximum absolute atomic E-state index is 12.8. The number of hydrogen-bond donors (Lipinski definition) is 1. The molecular weight excluding hydrogens is 364 g/mol. The molecule has 4 rings (SSSR count). The van der Waals surface area contributed by atoms with Gasteiger partial charge in [0.1, 0.15) is 17.0 Å². The van der Waals surface area contributed by atoms with Gasteiger partial charge in [0, 0.05) is 28.4 Å². The normalized spacial score (nSPS) is 10.3. The molecule has 0 spiro atoms. The maximum atomic E-state index is 12.8. The summed E-state index contributed by atoms with van der Waals surface area (Å²) in [6.45, 7) is 1.86. The highest BCUT2D eigenvalue weighted by atomic mass is 16.5. The molecule has 5 heteroatoms. The highest BCUT2D eigenvalue weighted by molar-refractivity contribution is 6.06. The molecule has 0 unspecified atom stereocenters. The van der Waals surface area contributed by atoms with Crippen molar-refractivity contribution in [1.82, 2.24) is 4.98 Å². The topological polar surface area (TPSA) is 64.4 Å². The van der Waals surface area contributed by atoms with E-state index in [0.29, 0.717) is 22.7 Å². The van der Waals surface area contributed by atoms with Crippen LogP contribution in [0.3, 0.4) is 0 Å². The van der Waals surface area contributed by atoms with Crippen LogP contribution in [0.5, 0.6) is 5.75 Å². The van der Waals surface area contributed by atoms with E-state index in [2.05, 4.69) is 22.1 Å². The first-order valence-electron chi connectivity index (χ1n) is 9.05. The fourth-order valence-corrected chi connectivity index (χ4v) is 2.98. The molecule has 0 aliphatic heterocycles. The molecule has 2 aromatic heterocycles. The Balaban J connectivity index is 1.57. The number of furan rings is 1. The Hall–Kier alpha value is -4.04. The summed E-state index contributed by atoms with van der Waals surface area (Å²) in [5, 5.41) is 3.73. The van der Waals surface area contributed by atoms with Gasteiger partial charge in [-0.3, -0.25) is 4.79 Å². The van der Waals surface area contributed by atoms with E-state index in [1.165, 1.54) is 0 Å². The molecule has 4 aromatic rings. The molecule has 0 aliphatic carbocycles. The Morgan fingerprint density at radius 2 is 1.97 bits per heavy atom. The van der Waals surface area contributed by atoms with Gasteiger partial charge in [-0.15, -0.1) is 0 Å². The molecule has 29 heavy (non-hydrogen) atoms. The van der Waals surface area contributed by atoms with E-state index in [4.69, 9.17) is 9.15 Å². The van der Waals surface area contributed by atoms with Gasteiger partial charge in [0.05, 0.1) is 7.11 Å². The summed E-state index contributed by atoms with van der Waals surface area (Å²) in [4.78, 5) is 16.9. The second-order valence-electron chi connectivity index (χ2n) is 6.42. The Bertz CT molecular complexity index is 1250. The molecule has 0 saturated carbocycles. The fourth-order valence-electron chi connectivity index (χ4n) is 2.98. The standard InChI is InChI=1S/C24H18N2O3/c1-16-21-15-20(28-2)11-12-22(21)29-23(16)24(27)26-19-8-5-6-17(14-19)9-10-18-7-3-4-13-25-18/h3-8,11-15H,1-2H3,(H,26,27). The second-order valence-corrected chi connectivity index (χ2v) is 6.42. The van der Waals surface area contributed by atoms with Crippen molar-refractivity contribution >= 4 is 22.6 Å². The lowest BCUT2D eigenvalue weighted by molar-refractivity contribution is 0.0998. The first-order chi connectivity index (χ1) is 14.1. The number of anilines is 1. The van der Waals surface area contributed by atoms with Crippen molar-refractivity contribution in [1.29, 1.82) is 0 Å². The van der Waals surface area contributed by atoms with E-state index < -0.39 is 0 Å². The Kier molecular flexibility index (Phi) is 5.00. The van der Waals surface area contributed by atoms with Gasteiger partial charge in [0.15, 0.2) is 5.76 Å².